The van der Waals surface area contributed by atoms with Gasteiger partial charge >= 0.3 is 0 Å². The molecule has 0 unspecified atom stereocenters. The van der Waals surface area contributed by atoms with E-state index in [-0.39, 0.29) is 5.91 Å². The molecule has 5 heteroatoms. The number of hydrogen-bond donors (Lipinski definition) is 2. The van der Waals surface area contributed by atoms with Gasteiger partial charge in [0.05, 0.1) is 18.5 Å². The predicted molar refractivity (Wildman–Crippen MR) is 81.5 cm³/mol. The van der Waals surface area contributed by atoms with E-state index in [0.29, 0.717) is 27.7 Å². The topological polar surface area (TPSA) is 64.3 Å². The first-order valence-corrected chi connectivity index (χ1v) is 6.40. The largest absolute Gasteiger partial charge is 0.497 e. The second-order valence-electron chi connectivity index (χ2n) is 4.37. The summed E-state index contributed by atoms with van der Waals surface area (Å²) < 4.78 is 5.10. The number of nitrogen functional groups attached to an aromatic ring is 1. The van der Waals surface area contributed by atoms with Crippen molar-refractivity contribution in [2.24, 2.45) is 0 Å². The third-order valence-corrected chi connectivity index (χ3v) is 3.35. The summed E-state index contributed by atoms with van der Waals surface area (Å²) in [6.45, 7) is 1.88. The van der Waals surface area contributed by atoms with E-state index in [0.717, 1.165) is 5.56 Å². The monoisotopic (exact) mass is 290 g/mol. The lowest BCUT2D eigenvalue weighted by molar-refractivity contribution is 0.102. The summed E-state index contributed by atoms with van der Waals surface area (Å²) in [5.74, 6) is 0.350. The highest BCUT2D eigenvalue weighted by molar-refractivity contribution is 6.31. The molecule has 0 aromatic heterocycles. The molecule has 20 heavy (non-hydrogen) atoms. The summed E-state index contributed by atoms with van der Waals surface area (Å²) in [7, 11) is 1.55. The summed E-state index contributed by atoms with van der Waals surface area (Å²) >= 11 is 6.02. The SMILES string of the molecule is COc1ccc(N)c(NC(=O)c2ccc(C)c(Cl)c2)c1. The average Bonchev–Trinajstić information content (AvgIpc) is 2.44. The fourth-order valence-electron chi connectivity index (χ4n) is 1.70. The quantitative estimate of drug-likeness (QED) is 0.851. The van der Waals surface area contributed by atoms with Crippen molar-refractivity contribution >= 4 is 28.9 Å². The molecule has 0 heterocycles. The lowest BCUT2D eigenvalue weighted by Gasteiger charge is -2.10. The van der Waals surface area contributed by atoms with Crippen molar-refractivity contribution in [3.63, 3.8) is 0 Å². The number of hydrogen-bond acceptors (Lipinski definition) is 3. The Kier molecular flexibility index (Phi) is 4.15. The van der Waals surface area contributed by atoms with Crippen LogP contribution in [0.3, 0.4) is 0 Å². The zero-order valence-electron chi connectivity index (χ0n) is 11.2. The van der Waals surface area contributed by atoms with Crippen molar-refractivity contribution < 1.29 is 9.53 Å². The molecule has 0 saturated carbocycles. The Labute approximate surface area is 122 Å². The lowest BCUT2D eigenvalue weighted by Crippen LogP contribution is -2.13. The number of methoxy groups -OCH3 is 1. The first kappa shape index (κ1) is 14.2. The Morgan fingerprint density at radius 1 is 1.25 bits per heavy atom. The van der Waals surface area contributed by atoms with E-state index >= 15 is 0 Å². The number of aryl methyl sites for hydroxylation is 1. The molecular formula is C15H15ClN2O2. The lowest BCUT2D eigenvalue weighted by atomic mass is 10.1. The van der Waals surface area contributed by atoms with Gasteiger partial charge < -0.3 is 15.8 Å². The van der Waals surface area contributed by atoms with Crippen LogP contribution < -0.4 is 15.8 Å². The van der Waals surface area contributed by atoms with E-state index < -0.39 is 0 Å². The van der Waals surface area contributed by atoms with Crippen LogP contribution in [0.1, 0.15) is 15.9 Å². The number of amides is 1. The van der Waals surface area contributed by atoms with Gasteiger partial charge in [-0.1, -0.05) is 17.7 Å². The van der Waals surface area contributed by atoms with Crippen molar-refractivity contribution in [2.45, 2.75) is 6.92 Å². The van der Waals surface area contributed by atoms with Crippen molar-refractivity contribution in [2.75, 3.05) is 18.2 Å². The fraction of sp³-hybridized carbons (Fsp3) is 0.133. The van der Waals surface area contributed by atoms with Crippen LogP contribution in [-0.2, 0) is 0 Å². The van der Waals surface area contributed by atoms with Crippen LogP contribution in [0.5, 0.6) is 5.75 Å². The smallest absolute Gasteiger partial charge is 0.255 e. The van der Waals surface area contributed by atoms with Gasteiger partial charge in [0.15, 0.2) is 0 Å². The molecule has 104 valence electrons. The Morgan fingerprint density at radius 2 is 2.00 bits per heavy atom. The van der Waals surface area contributed by atoms with Crippen LogP contribution in [0, 0.1) is 6.92 Å². The highest BCUT2D eigenvalue weighted by Gasteiger charge is 2.10. The molecule has 3 N–H and O–H groups in total. The fourth-order valence-corrected chi connectivity index (χ4v) is 1.88. The summed E-state index contributed by atoms with van der Waals surface area (Å²) in [4.78, 5) is 12.2. The highest BCUT2D eigenvalue weighted by atomic mass is 35.5. The predicted octanol–water partition coefficient (Wildman–Crippen LogP) is 3.49. The molecular weight excluding hydrogens is 276 g/mol. The standard InChI is InChI=1S/C15H15ClN2O2/c1-9-3-4-10(7-12(9)16)15(19)18-14-8-11(20-2)5-6-13(14)17/h3-8H,17H2,1-2H3,(H,18,19). The molecule has 0 aliphatic heterocycles. The number of nitrogens with two attached hydrogens (primary N) is 1. The molecule has 0 radical (unpaired) electrons. The van der Waals surface area contributed by atoms with Gasteiger partial charge in [-0.25, -0.2) is 0 Å². The summed E-state index contributed by atoms with van der Waals surface area (Å²) in [5, 5.41) is 3.30. The Balaban J connectivity index is 2.25. The van der Waals surface area contributed by atoms with Crippen molar-refractivity contribution in [3.05, 3.63) is 52.5 Å². The molecule has 2 aromatic rings. The number of halogens is 1. The van der Waals surface area contributed by atoms with Crippen LogP contribution in [-0.4, -0.2) is 13.0 Å². The Bertz CT molecular complexity index is 656. The highest BCUT2D eigenvalue weighted by Crippen LogP contribution is 2.25. The van der Waals surface area contributed by atoms with Crippen LogP contribution in [0.15, 0.2) is 36.4 Å². The van der Waals surface area contributed by atoms with Gasteiger partial charge in [0.2, 0.25) is 0 Å². The number of benzene rings is 2. The van der Waals surface area contributed by atoms with Gasteiger partial charge in [-0.2, -0.15) is 0 Å². The molecule has 0 aliphatic rings. The second-order valence-corrected chi connectivity index (χ2v) is 4.78. The van der Waals surface area contributed by atoms with Gasteiger partial charge in [-0.05, 0) is 36.8 Å². The Morgan fingerprint density at radius 3 is 2.65 bits per heavy atom. The summed E-state index contributed by atoms with van der Waals surface area (Å²) in [5.41, 5.74) is 8.20. The molecule has 0 spiro atoms. The van der Waals surface area contributed by atoms with Crippen molar-refractivity contribution in [1.29, 1.82) is 0 Å². The van der Waals surface area contributed by atoms with Crippen LogP contribution >= 0.6 is 11.6 Å². The molecule has 0 aliphatic carbocycles. The van der Waals surface area contributed by atoms with Gasteiger partial charge in [-0.15, -0.1) is 0 Å². The maximum Gasteiger partial charge on any atom is 0.255 e. The molecule has 4 nitrogen and oxygen atoms in total. The van der Waals surface area contributed by atoms with Crippen molar-refractivity contribution in [1.82, 2.24) is 0 Å². The van der Waals surface area contributed by atoms with E-state index in [4.69, 9.17) is 22.1 Å². The zero-order valence-corrected chi connectivity index (χ0v) is 12.0. The molecule has 2 aromatic carbocycles. The van der Waals surface area contributed by atoms with Crippen molar-refractivity contribution in [3.8, 4) is 5.75 Å². The third-order valence-electron chi connectivity index (χ3n) is 2.94. The van der Waals surface area contributed by atoms with E-state index in [1.807, 2.05) is 6.92 Å². The molecule has 0 fully saturated rings. The Hall–Kier alpha value is -2.20. The minimum atomic E-state index is -0.271. The van der Waals surface area contributed by atoms with Gasteiger partial charge in [0.25, 0.3) is 5.91 Å². The van der Waals surface area contributed by atoms with Crippen LogP contribution in [0.25, 0.3) is 0 Å². The normalized spacial score (nSPS) is 10.2. The maximum absolute atomic E-state index is 12.2. The first-order valence-electron chi connectivity index (χ1n) is 6.02. The maximum atomic E-state index is 12.2. The minimum absolute atomic E-state index is 0.271. The first-order chi connectivity index (χ1) is 9.51. The van der Waals surface area contributed by atoms with Gasteiger partial charge in [0.1, 0.15) is 5.75 Å². The van der Waals surface area contributed by atoms with E-state index in [1.165, 1.54) is 0 Å². The number of carbonyl (C=O) groups is 1. The molecule has 0 bridgehead atoms. The summed E-state index contributed by atoms with van der Waals surface area (Å²) in [6, 6.07) is 10.2. The average molecular weight is 291 g/mol. The second kappa shape index (κ2) is 5.84. The molecule has 1 amide bonds. The minimum Gasteiger partial charge on any atom is -0.497 e. The third kappa shape index (κ3) is 3.03. The molecule has 2 rings (SSSR count). The zero-order chi connectivity index (χ0) is 14.7. The van der Waals surface area contributed by atoms with E-state index in [2.05, 4.69) is 5.32 Å². The van der Waals surface area contributed by atoms with Crippen LogP contribution in [0.4, 0.5) is 11.4 Å². The number of anilines is 2. The summed E-state index contributed by atoms with van der Waals surface area (Å²) in [6.07, 6.45) is 0. The number of nitrogens with one attached hydrogen (secondary N) is 1. The van der Waals surface area contributed by atoms with Gasteiger partial charge in [0, 0.05) is 16.7 Å². The van der Waals surface area contributed by atoms with E-state index in [9.17, 15) is 4.79 Å². The number of carbonyl (C=O) groups excluding carboxylic acids is 1. The van der Waals surface area contributed by atoms with Gasteiger partial charge in [-0.3, -0.25) is 4.79 Å². The molecule has 0 saturated heterocycles. The van der Waals surface area contributed by atoms with Crippen LogP contribution in [0.2, 0.25) is 5.02 Å². The number of rotatable bonds is 3. The van der Waals surface area contributed by atoms with E-state index in [1.54, 1.807) is 43.5 Å². The number of ether oxygens (including phenoxy) is 1. The molecule has 0 atom stereocenters.